The lowest BCUT2D eigenvalue weighted by molar-refractivity contribution is 1.07. The van der Waals surface area contributed by atoms with Crippen LogP contribution in [0.4, 0.5) is 0 Å². The predicted octanol–water partition coefficient (Wildman–Crippen LogP) is 14.7. The maximum Gasteiger partial charge on any atom is 0.164 e. The van der Waals surface area contributed by atoms with E-state index < -0.39 is 0 Å². The third kappa shape index (κ3) is 7.46. The highest BCUT2D eigenvalue weighted by Crippen LogP contribution is 2.39. The molecule has 3 heterocycles. The summed E-state index contributed by atoms with van der Waals surface area (Å²) < 4.78 is 2.32. The molecular weight excluding hydrogens is 829 g/mol. The molecule has 0 amide bonds. The maximum atomic E-state index is 9.75. The van der Waals surface area contributed by atoms with Gasteiger partial charge in [-0.2, -0.15) is 0 Å². The fraction of sp³-hybridized carbons (Fsp3) is 0. The Labute approximate surface area is 394 Å². The van der Waals surface area contributed by atoms with E-state index in [9.17, 15) is 5.41 Å². The van der Waals surface area contributed by atoms with Crippen LogP contribution in [-0.4, -0.2) is 25.2 Å². The molecule has 0 radical (unpaired) electrons. The Hall–Kier alpha value is -9.26. The van der Waals surface area contributed by atoms with Crippen LogP contribution < -0.4 is 5.32 Å². The van der Waals surface area contributed by atoms with Gasteiger partial charge in [0.1, 0.15) is 0 Å². The third-order valence-corrected chi connectivity index (χ3v) is 12.7. The topological polar surface area (TPSA) is 79.5 Å². The molecule has 320 valence electrons. The second-order valence-electron chi connectivity index (χ2n) is 16.9. The zero-order valence-corrected chi connectivity index (χ0v) is 36.9. The van der Waals surface area contributed by atoms with Crippen LogP contribution in [0.25, 0.3) is 95.8 Å². The van der Waals surface area contributed by atoms with Crippen molar-refractivity contribution in [1.82, 2.24) is 24.8 Å². The van der Waals surface area contributed by atoms with Crippen LogP contribution in [0, 0.1) is 5.41 Å². The van der Waals surface area contributed by atoms with Gasteiger partial charge >= 0.3 is 0 Å². The molecule has 12 rings (SSSR count). The van der Waals surface area contributed by atoms with Gasteiger partial charge in [-0.1, -0.05) is 200 Å². The van der Waals surface area contributed by atoms with Crippen LogP contribution in [0.15, 0.2) is 237 Å². The van der Waals surface area contributed by atoms with Gasteiger partial charge in [-0.25, -0.2) is 15.0 Å². The molecule has 0 saturated heterocycles. The fourth-order valence-electron chi connectivity index (χ4n) is 9.38. The Morgan fingerprint density at radius 1 is 0.397 bits per heavy atom. The van der Waals surface area contributed by atoms with Crippen LogP contribution in [0.1, 0.15) is 27.8 Å². The van der Waals surface area contributed by atoms with E-state index in [1.54, 1.807) is 0 Å². The van der Waals surface area contributed by atoms with Gasteiger partial charge in [0.05, 0.1) is 22.4 Å². The standard InChI is InChI=1S/C62H42N6/c63-58(43-23-9-3-10-24-43)57(42-21-7-2-8-22-42)59-53-39-46(35-36-47(53)40-54(64-59)41-19-5-1-6-20-41)45-27-17-28-48(37-45)61-65-60(44-25-11-4-12-26-44)66-62(67-61)49-29-18-30-50(38-49)68-55-33-15-13-31-51(55)52-32-14-16-34-56(52)68/h1-40,63-64H/b59-57-,63-58?. The summed E-state index contributed by atoms with van der Waals surface area (Å²) in [4.78, 5) is 15.5. The molecule has 6 nitrogen and oxygen atoms in total. The predicted molar refractivity (Wildman–Crippen MR) is 280 cm³/mol. The first-order valence-electron chi connectivity index (χ1n) is 22.8. The molecule has 11 aromatic rings. The number of fused-ring (bicyclic) bond motifs is 4. The van der Waals surface area contributed by atoms with Gasteiger partial charge in [0.15, 0.2) is 17.5 Å². The summed E-state index contributed by atoms with van der Waals surface area (Å²) in [6.07, 6.45) is 2.21. The molecule has 9 aromatic carbocycles. The van der Waals surface area contributed by atoms with Gasteiger partial charge in [0, 0.05) is 55.5 Å². The van der Waals surface area contributed by atoms with Gasteiger partial charge in [-0.15, -0.1) is 0 Å². The second-order valence-corrected chi connectivity index (χ2v) is 16.9. The summed E-state index contributed by atoms with van der Waals surface area (Å²) in [5.74, 6) is 1.77. The van der Waals surface area contributed by atoms with E-state index in [0.29, 0.717) is 23.2 Å². The maximum absolute atomic E-state index is 9.75. The van der Waals surface area contributed by atoms with Crippen LogP contribution in [0.5, 0.6) is 0 Å². The van der Waals surface area contributed by atoms with E-state index >= 15 is 0 Å². The summed E-state index contributed by atoms with van der Waals surface area (Å²) in [7, 11) is 0. The van der Waals surface area contributed by atoms with E-state index in [0.717, 1.165) is 89.3 Å². The normalized spacial score (nSPS) is 12.9. The third-order valence-electron chi connectivity index (χ3n) is 12.7. The van der Waals surface area contributed by atoms with Crippen molar-refractivity contribution in [3.8, 4) is 51.0 Å². The molecule has 0 saturated carbocycles. The zero-order valence-electron chi connectivity index (χ0n) is 36.9. The van der Waals surface area contributed by atoms with Gasteiger partial charge in [0.2, 0.25) is 0 Å². The van der Waals surface area contributed by atoms with Crippen molar-refractivity contribution < 1.29 is 0 Å². The number of benzene rings is 9. The SMILES string of the molecule is N=C(/C(=C1\NC(c2ccccc2)=Cc2ccc(-c3cccc(-c4nc(-c5ccccc5)nc(-c5cccc(-n6c7ccccc7c7ccccc76)c5)n4)c3)cc21)c1ccccc1)c1ccccc1. The second kappa shape index (κ2) is 17.3. The smallest absolute Gasteiger partial charge is 0.164 e. The van der Waals surface area contributed by atoms with Gasteiger partial charge in [-0.3, -0.25) is 5.41 Å². The molecule has 1 aliphatic heterocycles. The van der Waals surface area contributed by atoms with Gasteiger partial charge < -0.3 is 9.88 Å². The number of para-hydroxylation sites is 2. The van der Waals surface area contributed by atoms with E-state index in [1.807, 2.05) is 84.9 Å². The Balaban J connectivity index is 0.994. The Bertz CT molecular complexity index is 3710. The number of rotatable bonds is 9. The molecule has 0 bridgehead atoms. The summed E-state index contributed by atoms with van der Waals surface area (Å²) >= 11 is 0. The molecule has 1 aliphatic rings. The highest BCUT2D eigenvalue weighted by Gasteiger charge is 2.25. The Morgan fingerprint density at radius 3 is 1.53 bits per heavy atom. The first-order valence-corrected chi connectivity index (χ1v) is 22.8. The summed E-state index contributed by atoms with van der Waals surface area (Å²) in [6.45, 7) is 0. The number of hydrogen-bond acceptors (Lipinski definition) is 5. The molecular formula is C62H42N6. The number of hydrogen-bond donors (Lipinski definition) is 2. The Morgan fingerprint density at radius 2 is 0.882 bits per heavy atom. The minimum atomic E-state index is 0.437. The van der Waals surface area contributed by atoms with Crippen molar-refractivity contribution in [2.45, 2.75) is 0 Å². The molecule has 0 aliphatic carbocycles. The summed E-state index contributed by atoms with van der Waals surface area (Å²) in [5.41, 5.74) is 16.0. The number of nitrogens with zero attached hydrogens (tertiary/aromatic N) is 4. The summed E-state index contributed by atoms with van der Waals surface area (Å²) in [5, 5.41) is 16.0. The molecule has 0 fully saturated rings. The van der Waals surface area contributed by atoms with Crippen LogP contribution in [0.2, 0.25) is 0 Å². The molecule has 0 atom stereocenters. The van der Waals surface area contributed by atoms with Gasteiger partial charge in [0.25, 0.3) is 0 Å². The molecule has 0 unspecified atom stereocenters. The van der Waals surface area contributed by atoms with Gasteiger partial charge in [-0.05, 0) is 70.3 Å². The fourth-order valence-corrected chi connectivity index (χ4v) is 9.38. The molecule has 6 heteroatoms. The lowest BCUT2D eigenvalue weighted by atomic mass is 9.86. The average Bonchev–Trinajstić information content (AvgIpc) is 3.76. The molecule has 2 N–H and O–H groups in total. The minimum absolute atomic E-state index is 0.437. The number of allylic oxidation sites excluding steroid dienone is 1. The van der Waals surface area contributed by atoms with Crippen molar-refractivity contribution in [3.63, 3.8) is 0 Å². The lowest BCUT2D eigenvalue weighted by Crippen LogP contribution is -2.20. The van der Waals surface area contributed by atoms with Crippen molar-refractivity contribution in [3.05, 3.63) is 264 Å². The van der Waals surface area contributed by atoms with Crippen molar-refractivity contribution in [2.75, 3.05) is 0 Å². The lowest BCUT2D eigenvalue weighted by Gasteiger charge is -2.27. The molecule has 0 spiro atoms. The Kier molecular flexibility index (Phi) is 10.2. The van der Waals surface area contributed by atoms with E-state index in [2.05, 4.69) is 168 Å². The number of aromatic nitrogens is 4. The van der Waals surface area contributed by atoms with E-state index in [-0.39, 0.29) is 0 Å². The minimum Gasteiger partial charge on any atom is -0.354 e. The van der Waals surface area contributed by atoms with Crippen LogP contribution in [-0.2, 0) is 0 Å². The summed E-state index contributed by atoms with van der Waals surface area (Å²) in [6, 6.07) is 81.3. The highest BCUT2D eigenvalue weighted by molar-refractivity contribution is 6.36. The first-order chi connectivity index (χ1) is 33.6. The number of nitrogens with one attached hydrogen (secondary N) is 2. The van der Waals surface area contributed by atoms with E-state index in [4.69, 9.17) is 15.0 Å². The first kappa shape index (κ1) is 40.3. The quantitative estimate of drug-likeness (QED) is 0.142. The van der Waals surface area contributed by atoms with Crippen molar-refractivity contribution >= 4 is 50.6 Å². The van der Waals surface area contributed by atoms with E-state index in [1.165, 1.54) is 10.8 Å². The zero-order chi connectivity index (χ0) is 45.4. The monoisotopic (exact) mass is 870 g/mol. The van der Waals surface area contributed by atoms with Crippen molar-refractivity contribution in [2.24, 2.45) is 0 Å². The molecule has 68 heavy (non-hydrogen) atoms. The highest BCUT2D eigenvalue weighted by atomic mass is 15.0. The van der Waals surface area contributed by atoms with Crippen LogP contribution in [0.3, 0.4) is 0 Å². The largest absolute Gasteiger partial charge is 0.354 e. The molecule has 2 aromatic heterocycles. The van der Waals surface area contributed by atoms with Crippen molar-refractivity contribution in [1.29, 1.82) is 5.41 Å². The average molecular weight is 871 g/mol. The van der Waals surface area contributed by atoms with Crippen LogP contribution >= 0.6 is 0 Å².